The fourth-order valence-corrected chi connectivity index (χ4v) is 8.25. The normalized spacial score (nSPS) is 32.3. The van der Waals surface area contributed by atoms with Gasteiger partial charge in [0.1, 0.15) is 0 Å². The van der Waals surface area contributed by atoms with Crippen LogP contribution in [-0.4, -0.2) is 40.3 Å². The van der Waals surface area contributed by atoms with Gasteiger partial charge in [0.25, 0.3) is 0 Å². The highest BCUT2D eigenvalue weighted by molar-refractivity contribution is 9.10. The molecule has 162 valence electrons. The number of hydrogen-bond donors (Lipinski definition) is 1. The number of nitrogens with zero attached hydrogens (tertiary/aromatic N) is 2. The fourth-order valence-electron chi connectivity index (χ4n) is 6.74. The molecule has 6 nitrogen and oxygen atoms in total. The summed E-state index contributed by atoms with van der Waals surface area (Å²) in [6.45, 7) is 1.29. The first-order valence-corrected chi connectivity index (χ1v) is 11.8. The van der Waals surface area contributed by atoms with Crippen LogP contribution in [0, 0.1) is 17.3 Å². The monoisotopic (exact) mass is 475 g/mol. The fraction of sp³-hybridized carbons (Fsp3) is 0.652. The Bertz CT molecular complexity index is 1030. The third-order valence-corrected chi connectivity index (χ3v) is 8.30. The number of alkyl halides is 1. The van der Waals surface area contributed by atoms with E-state index in [2.05, 4.69) is 21.2 Å². The number of carbonyl (C=O) groups is 1. The van der Waals surface area contributed by atoms with Gasteiger partial charge < -0.3 is 14.6 Å². The maximum Gasteiger partial charge on any atom is 0.419 e. The van der Waals surface area contributed by atoms with Crippen LogP contribution in [0.15, 0.2) is 27.4 Å². The largest absolute Gasteiger partial charge is 0.419 e. The van der Waals surface area contributed by atoms with E-state index in [1.165, 1.54) is 32.1 Å². The summed E-state index contributed by atoms with van der Waals surface area (Å²) in [6, 6.07) is 5.46. The van der Waals surface area contributed by atoms with Crippen molar-refractivity contribution < 1.29 is 9.21 Å². The van der Waals surface area contributed by atoms with Crippen molar-refractivity contribution in [1.29, 1.82) is 0 Å². The van der Waals surface area contributed by atoms with Gasteiger partial charge in [0.2, 0.25) is 5.91 Å². The minimum Gasteiger partial charge on any atom is -0.408 e. The number of aromatic nitrogens is 1. The van der Waals surface area contributed by atoms with Crippen LogP contribution in [0.25, 0.3) is 11.1 Å². The number of hydrogen-bond acceptors (Lipinski definition) is 4. The first-order chi connectivity index (χ1) is 14.2. The van der Waals surface area contributed by atoms with Gasteiger partial charge in [-0.15, -0.1) is 0 Å². The van der Waals surface area contributed by atoms with Crippen LogP contribution in [0.3, 0.4) is 0 Å². The van der Waals surface area contributed by atoms with Crippen LogP contribution in [0.5, 0.6) is 0 Å². The lowest BCUT2D eigenvalue weighted by Gasteiger charge is -2.60. The molecule has 0 saturated heterocycles. The van der Waals surface area contributed by atoms with E-state index >= 15 is 0 Å². The van der Waals surface area contributed by atoms with Gasteiger partial charge in [0.15, 0.2) is 5.58 Å². The van der Waals surface area contributed by atoms with E-state index in [0.717, 1.165) is 36.0 Å². The molecule has 4 aliphatic carbocycles. The van der Waals surface area contributed by atoms with Crippen LogP contribution in [-0.2, 0) is 11.3 Å². The number of likely N-dealkylation sites (N-methyl/N-ethyl adjacent to an activating group) is 1. The number of amides is 1. The molecule has 2 unspecified atom stereocenters. The van der Waals surface area contributed by atoms with E-state index in [-0.39, 0.29) is 21.4 Å². The van der Waals surface area contributed by atoms with Crippen molar-refractivity contribution in [3.8, 4) is 0 Å². The highest BCUT2D eigenvalue weighted by Gasteiger charge is 2.57. The molecule has 4 aliphatic rings. The molecule has 4 saturated carbocycles. The number of benzene rings is 1. The van der Waals surface area contributed by atoms with Crippen molar-refractivity contribution in [2.75, 3.05) is 26.0 Å². The molecule has 1 N–H and O–H groups in total. The smallest absolute Gasteiger partial charge is 0.408 e. The molecule has 4 fully saturated rings. The number of rotatable bonds is 6. The molecule has 1 amide bonds. The lowest BCUT2D eigenvalue weighted by molar-refractivity contribution is -0.123. The maximum atomic E-state index is 13.0. The molecular weight excluding hydrogens is 446 g/mol. The Balaban J connectivity index is 1.32. The maximum absolute atomic E-state index is 13.0. The zero-order valence-corrected chi connectivity index (χ0v) is 19.3. The molecule has 1 aromatic carbocycles. The molecule has 2 aromatic rings. The highest BCUT2D eigenvalue weighted by atomic mass is 79.9. The standard InChI is InChI=1S/C23H30BrN3O3/c1-26(2)5-6-27-18-8-17(3-4-19(18)30-21(27)29)25-20(28)13-22-9-15-7-16(10-22)12-23(24,11-15)14-22/h3-4,8,15-16H,5-7,9-14H2,1-2H3,(H,25,28). The number of oxazole rings is 1. The van der Waals surface area contributed by atoms with E-state index < -0.39 is 0 Å². The number of anilines is 1. The lowest BCUT2D eigenvalue weighted by Crippen LogP contribution is -2.53. The number of halogens is 1. The number of fused-ring (bicyclic) bond motifs is 1. The Kier molecular flexibility index (Phi) is 4.89. The summed E-state index contributed by atoms with van der Waals surface area (Å²) >= 11 is 4.03. The Hall–Kier alpha value is -1.60. The van der Waals surface area contributed by atoms with Crippen molar-refractivity contribution in [3.63, 3.8) is 0 Å². The van der Waals surface area contributed by atoms with E-state index in [9.17, 15) is 9.59 Å². The van der Waals surface area contributed by atoms with E-state index in [0.29, 0.717) is 18.5 Å². The Morgan fingerprint density at radius 1 is 1.27 bits per heavy atom. The van der Waals surface area contributed by atoms with Gasteiger partial charge in [-0.2, -0.15) is 0 Å². The summed E-state index contributed by atoms with van der Waals surface area (Å²) in [5.74, 6) is 1.27. The molecule has 0 aliphatic heterocycles. The summed E-state index contributed by atoms with van der Waals surface area (Å²) in [4.78, 5) is 27.3. The van der Waals surface area contributed by atoms with Gasteiger partial charge in [0, 0.05) is 29.5 Å². The molecule has 30 heavy (non-hydrogen) atoms. The third-order valence-electron chi connectivity index (χ3n) is 7.37. The van der Waals surface area contributed by atoms with Crippen molar-refractivity contribution >= 4 is 38.6 Å². The van der Waals surface area contributed by atoms with Gasteiger partial charge >= 0.3 is 5.76 Å². The minimum atomic E-state index is -0.355. The number of carbonyl (C=O) groups excluding carboxylic acids is 1. The van der Waals surface area contributed by atoms with Gasteiger partial charge in [-0.1, -0.05) is 15.9 Å². The predicted octanol–water partition coefficient (Wildman–Crippen LogP) is 4.22. The van der Waals surface area contributed by atoms with Gasteiger partial charge in [-0.05, 0) is 88.1 Å². The SMILES string of the molecule is CN(C)CCn1c(=O)oc2ccc(NC(=O)CC34CC5CC(CC(Br)(C5)C3)C4)cc21. The Morgan fingerprint density at radius 2 is 2.00 bits per heavy atom. The molecule has 4 bridgehead atoms. The lowest BCUT2D eigenvalue weighted by atomic mass is 9.48. The van der Waals surface area contributed by atoms with Gasteiger partial charge in [0.05, 0.1) is 5.52 Å². The second-order valence-corrected chi connectivity index (χ2v) is 12.0. The third kappa shape index (κ3) is 3.75. The average molecular weight is 476 g/mol. The molecule has 0 spiro atoms. The predicted molar refractivity (Wildman–Crippen MR) is 121 cm³/mol. The quantitative estimate of drug-likeness (QED) is 0.635. The van der Waals surface area contributed by atoms with Crippen LogP contribution >= 0.6 is 15.9 Å². The summed E-state index contributed by atoms with van der Waals surface area (Å²) in [7, 11) is 3.95. The minimum absolute atomic E-state index is 0.0816. The van der Waals surface area contributed by atoms with E-state index in [4.69, 9.17) is 4.42 Å². The van der Waals surface area contributed by atoms with Crippen molar-refractivity contribution in [2.45, 2.75) is 55.8 Å². The Labute approximate surface area is 185 Å². The summed E-state index contributed by atoms with van der Waals surface area (Å²) in [5.41, 5.74) is 2.16. The van der Waals surface area contributed by atoms with Crippen LogP contribution < -0.4 is 11.1 Å². The number of nitrogens with one attached hydrogen (secondary N) is 1. The van der Waals surface area contributed by atoms with E-state index in [1.54, 1.807) is 10.6 Å². The van der Waals surface area contributed by atoms with Crippen LogP contribution in [0.4, 0.5) is 5.69 Å². The summed E-state index contributed by atoms with van der Waals surface area (Å²) in [6.07, 6.45) is 7.97. The first-order valence-electron chi connectivity index (χ1n) is 11.0. The average Bonchev–Trinajstić information content (AvgIpc) is 2.91. The second-order valence-electron chi connectivity index (χ2n) is 10.3. The molecule has 6 rings (SSSR count). The van der Waals surface area contributed by atoms with Crippen LogP contribution in [0.2, 0.25) is 0 Å². The zero-order valence-electron chi connectivity index (χ0n) is 17.7. The summed E-state index contributed by atoms with van der Waals surface area (Å²) < 4.78 is 7.26. The molecule has 7 heteroatoms. The summed E-state index contributed by atoms with van der Waals surface area (Å²) in [5, 5.41) is 3.10. The van der Waals surface area contributed by atoms with Gasteiger partial charge in [-0.25, -0.2) is 4.79 Å². The molecule has 1 aromatic heterocycles. The van der Waals surface area contributed by atoms with Crippen molar-refractivity contribution in [3.05, 3.63) is 28.7 Å². The molecule has 1 heterocycles. The van der Waals surface area contributed by atoms with Gasteiger partial charge in [-0.3, -0.25) is 9.36 Å². The highest BCUT2D eigenvalue weighted by Crippen LogP contribution is 2.65. The second kappa shape index (κ2) is 7.23. The van der Waals surface area contributed by atoms with E-state index in [1.807, 2.05) is 31.1 Å². The van der Waals surface area contributed by atoms with Crippen molar-refractivity contribution in [2.24, 2.45) is 17.3 Å². The van der Waals surface area contributed by atoms with Crippen molar-refractivity contribution in [1.82, 2.24) is 9.47 Å². The molecule has 2 atom stereocenters. The zero-order chi connectivity index (χ0) is 21.1. The molecule has 0 radical (unpaired) electrons. The van der Waals surface area contributed by atoms with Crippen LogP contribution in [0.1, 0.15) is 44.9 Å². The Morgan fingerprint density at radius 3 is 2.67 bits per heavy atom. The first kappa shape index (κ1) is 20.3. The topological polar surface area (TPSA) is 67.5 Å². The molecular formula is C23H30BrN3O3.